The third kappa shape index (κ3) is 51.6. The summed E-state index contributed by atoms with van der Waals surface area (Å²) in [6.07, 6.45) is 41.1. The smallest absolute Gasteiger partial charge is 0.336 e. The van der Waals surface area contributed by atoms with Crippen molar-refractivity contribution in [2.45, 2.75) is 225 Å². The number of allylic oxidation sites excluding steroid dienone is 2. The number of carboxylic acids is 4. The largest absolute Gasteiger partial charge is 0.481 e. The van der Waals surface area contributed by atoms with E-state index in [1.54, 1.807) is 0 Å². The zero-order valence-electron chi connectivity index (χ0n) is 38.4. The molecule has 14 heteroatoms. The Balaban J connectivity index is -0.000000369. The fourth-order valence-electron chi connectivity index (χ4n) is 6.02. The molecule has 14 nitrogen and oxygen atoms in total. The molecule has 0 spiro atoms. The number of hydrogen-bond donors (Lipinski definition) is 10. The topological polar surface area (TPSA) is 271 Å². The lowest BCUT2D eigenvalue weighted by Gasteiger charge is -2.23. The summed E-state index contributed by atoms with van der Waals surface area (Å²) >= 11 is 0. The number of aliphatic carboxylic acids is 4. The van der Waals surface area contributed by atoms with Gasteiger partial charge in [0.25, 0.3) is 0 Å². The lowest BCUT2D eigenvalue weighted by molar-refractivity contribution is -0.170. The minimum atomic E-state index is -2.74. The van der Waals surface area contributed by atoms with E-state index >= 15 is 0 Å². The van der Waals surface area contributed by atoms with Gasteiger partial charge in [-0.1, -0.05) is 174 Å². The number of aliphatic hydroxyl groups is 6. The molecule has 0 aliphatic heterocycles. The molecule has 0 aliphatic carbocycles. The summed E-state index contributed by atoms with van der Waals surface area (Å²) in [4.78, 5) is 40.8. The lowest BCUT2D eigenvalue weighted by atomic mass is 9.93. The van der Waals surface area contributed by atoms with E-state index in [1.165, 1.54) is 167 Å². The summed E-state index contributed by atoms with van der Waals surface area (Å²) in [5.41, 5.74) is -3.85. The maximum absolute atomic E-state index is 10.3. The van der Waals surface area contributed by atoms with Crippen LogP contribution in [0.25, 0.3) is 0 Å². The molecule has 0 radical (unpaired) electrons. The van der Waals surface area contributed by atoms with Crippen molar-refractivity contribution in [3.63, 3.8) is 0 Å². The molecule has 10 N–H and O–H groups in total. The van der Waals surface area contributed by atoms with E-state index in [-0.39, 0.29) is 0 Å². The van der Waals surface area contributed by atoms with Crippen LogP contribution in [0.3, 0.4) is 0 Å². The standard InChI is InChI=1S/C18H36O2.C18H36O.C6H8O7.C5H12O4/c1-2-3-4-5-6-7-8-9-10-11-12-13-14-15-16-17-18(19)20;1-2-3-4-5-6-7-8-9-10-11-12-13-14-15-16-17-18-19;7-3(8)1-6(13,5(11)12)2-4(9)10;6-1-5(2-7,3-8)4-9/h2-17H2,1H3,(H,19,20);9-10,19H,2-8,11-18H2,1H3;13H,1-2H2,(H,7,8)(H,9,10)(H,11,12);6-9H,1-4H2/b;10-9-;;. The molecule has 0 heterocycles. The second kappa shape index (κ2) is 50.0. The number of unbranched alkanes of at least 4 members (excludes halogenated alkanes) is 26. The average Bonchev–Trinajstić information content (AvgIpc) is 3.22. The van der Waals surface area contributed by atoms with Crippen LogP contribution in [-0.4, -0.2) is 114 Å². The van der Waals surface area contributed by atoms with Crippen molar-refractivity contribution in [3.8, 4) is 0 Å². The van der Waals surface area contributed by atoms with E-state index in [1.807, 2.05) is 0 Å². The first kappa shape index (κ1) is 65.0. The van der Waals surface area contributed by atoms with E-state index in [0.717, 1.165) is 19.3 Å². The molecule has 0 atom stereocenters. The summed E-state index contributed by atoms with van der Waals surface area (Å²) < 4.78 is 0. The zero-order chi connectivity index (χ0) is 46.9. The number of carbonyl (C=O) groups is 4. The molecular weight excluding hydrogens is 789 g/mol. The molecule has 0 fully saturated rings. The predicted octanol–water partition coefficient (Wildman–Crippen LogP) is 9.04. The first-order chi connectivity index (χ1) is 29.2. The van der Waals surface area contributed by atoms with Gasteiger partial charge in [0, 0.05) is 13.0 Å². The summed E-state index contributed by atoms with van der Waals surface area (Å²) in [5, 5.41) is 85.0. The second-order valence-electron chi connectivity index (χ2n) is 16.4. The Hall–Kier alpha value is -2.62. The van der Waals surface area contributed by atoms with Crippen LogP contribution in [0.4, 0.5) is 0 Å². The summed E-state index contributed by atoms with van der Waals surface area (Å²) in [6, 6.07) is 0. The summed E-state index contributed by atoms with van der Waals surface area (Å²) in [6.45, 7) is 3.28. The zero-order valence-corrected chi connectivity index (χ0v) is 38.4. The van der Waals surface area contributed by atoms with Crippen LogP contribution in [0.5, 0.6) is 0 Å². The number of rotatable bonds is 40. The lowest BCUT2D eigenvalue weighted by Crippen LogP contribution is -2.42. The van der Waals surface area contributed by atoms with E-state index in [0.29, 0.717) is 13.0 Å². The van der Waals surface area contributed by atoms with Crippen molar-refractivity contribution in [1.82, 2.24) is 0 Å². The Kier molecular flexibility index (Phi) is 53.3. The van der Waals surface area contributed by atoms with Crippen molar-refractivity contribution in [3.05, 3.63) is 12.2 Å². The summed E-state index contributed by atoms with van der Waals surface area (Å²) in [7, 11) is 0. The van der Waals surface area contributed by atoms with Crippen LogP contribution in [-0.2, 0) is 19.2 Å². The van der Waals surface area contributed by atoms with Gasteiger partial charge in [-0.15, -0.1) is 0 Å². The Labute approximate surface area is 368 Å². The molecule has 0 rings (SSSR count). The van der Waals surface area contributed by atoms with Gasteiger partial charge >= 0.3 is 23.9 Å². The highest BCUT2D eigenvalue weighted by molar-refractivity contribution is 5.88. The van der Waals surface area contributed by atoms with E-state index in [9.17, 15) is 19.2 Å². The van der Waals surface area contributed by atoms with Crippen molar-refractivity contribution in [2.75, 3.05) is 33.0 Å². The number of hydrogen-bond acceptors (Lipinski definition) is 10. The van der Waals surface area contributed by atoms with Gasteiger partial charge < -0.3 is 51.1 Å². The average molecular weight is 881 g/mol. The minimum Gasteiger partial charge on any atom is -0.481 e. The fourth-order valence-corrected chi connectivity index (χ4v) is 6.02. The molecule has 0 unspecified atom stereocenters. The molecule has 0 saturated heterocycles. The Morgan fingerprint density at radius 1 is 0.393 bits per heavy atom. The van der Waals surface area contributed by atoms with Gasteiger partial charge in [-0.05, 0) is 38.5 Å². The quantitative estimate of drug-likeness (QED) is 0.0203. The molecule has 0 bridgehead atoms. The predicted molar refractivity (Wildman–Crippen MR) is 242 cm³/mol. The molecule has 61 heavy (non-hydrogen) atoms. The van der Waals surface area contributed by atoms with Gasteiger partial charge in [-0.2, -0.15) is 0 Å². The molecular formula is C47H92O14. The van der Waals surface area contributed by atoms with Crippen LogP contribution < -0.4 is 0 Å². The SMILES string of the molecule is CCCCCCCC/C=C\CCCCCCCCO.CCCCCCCCCCCCCCCCCC(=O)O.O=C(O)CC(O)(CC(=O)O)C(=O)O.OCC(CO)(CO)CO. The van der Waals surface area contributed by atoms with Gasteiger partial charge in [0.05, 0.1) is 44.7 Å². The van der Waals surface area contributed by atoms with Gasteiger partial charge in [0.15, 0.2) is 5.60 Å². The highest BCUT2D eigenvalue weighted by Crippen LogP contribution is 2.17. The van der Waals surface area contributed by atoms with Crippen molar-refractivity contribution in [2.24, 2.45) is 5.41 Å². The third-order valence-electron chi connectivity index (χ3n) is 10.3. The van der Waals surface area contributed by atoms with E-state index in [2.05, 4.69) is 26.0 Å². The van der Waals surface area contributed by atoms with Gasteiger partial charge in [0.1, 0.15) is 0 Å². The fraction of sp³-hybridized carbons (Fsp3) is 0.872. The van der Waals surface area contributed by atoms with Gasteiger partial charge in [-0.25, -0.2) is 4.79 Å². The Bertz CT molecular complexity index is 966. The van der Waals surface area contributed by atoms with Crippen LogP contribution in [0, 0.1) is 5.41 Å². The van der Waals surface area contributed by atoms with Crippen LogP contribution in [0.2, 0.25) is 0 Å². The molecule has 0 amide bonds. The normalized spacial score (nSPS) is 11.2. The molecule has 0 aromatic carbocycles. The minimum absolute atomic E-state index is 0.345. The van der Waals surface area contributed by atoms with Crippen LogP contribution in [0.1, 0.15) is 219 Å². The molecule has 0 aromatic rings. The van der Waals surface area contributed by atoms with Gasteiger partial charge in [-0.3, -0.25) is 14.4 Å². The number of aliphatic hydroxyl groups excluding tert-OH is 5. The first-order valence-corrected chi connectivity index (χ1v) is 23.5. The molecule has 0 aromatic heterocycles. The first-order valence-electron chi connectivity index (χ1n) is 23.5. The molecule has 0 aliphatic rings. The third-order valence-corrected chi connectivity index (χ3v) is 10.3. The van der Waals surface area contributed by atoms with Crippen molar-refractivity contribution >= 4 is 23.9 Å². The van der Waals surface area contributed by atoms with Crippen LogP contribution >= 0.6 is 0 Å². The second-order valence-corrected chi connectivity index (χ2v) is 16.4. The van der Waals surface area contributed by atoms with E-state index < -0.39 is 74.2 Å². The van der Waals surface area contributed by atoms with Crippen LogP contribution in [0.15, 0.2) is 12.2 Å². The Morgan fingerprint density at radius 2 is 0.672 bits per heavy atom. The Morgan fingerprint density at radius 3 is 0.902 bits per heavy atom. The maximum atomic E-state index is 10.3. The van der Waals surface area contributed by atoms with Crippen molar-refractivity contribution in [1.29, 1.82) is 0 Å². The highest BCUT2D eigenvalue weighted by Gasteiger charge is 2.40. The van der Waals surface area contributed by atoms with Gasteiger partial charge in [0.2, 0.25) is 0 Å². The van der Waals surface area contributed by atoms with Crippen molar-refractivity contribution < 1.29 is 70.2 Å². The molecule has 0 saturated carbocycles. The maximum Gasteiger partial charge on any atom is 0.336 e. The molecule has 364 valence electrons. The highest BCUT2D eigenvalue weighted by atomic mass is 16.4. The number of carboxylic acid groups (broad SMARTS) is 4. The summed E-state index contributed by atoms with van der Waals surface area (Å²) in [5.74, 6) is -5.67. The monoisotopic (exact) mass is 881 g/mol. The van der Waals surface area contributed by atoms with E-state index in [4.69, 9.17) is 51.1 Å².